The Balaban J connectivity index is 1.75. The fourth-order valence-electron chi connectivity index (χ4n) is 3.79. The van der Waals surface area contributed by atoms with Crippen LogP contribution in [0.1, 0.15) is 25.0 Å². The van der Waals surface area contributed by atoms with E-state index in [0.717, 1.165) is 12.3 Å². The summed E-state index contributed by atoms with van der Waals surface area (Å²) < 4.78 is 60.5. The van der Waals surface area contributed by atoms with E-state index in [1.165, 1.54) is 15.7 Å². The summed E-state index contributed by atoms with van der Waals surface area (Å²) in [5, 5.41) is 22.6. The Morgan fingerprint density at radius 1 is 1.21 bits per heavy atom. The molecule has 200 valence electrons. The lowest BCUT2D eigenvalue weighted by Crippen LogP contribution is -2.46. The molecule has 1 fully saturated rings. The predicted molar refractivity (Wildman–Crippen MR) is 137 cm³/mol. The molecule has 1 aliphatic carbocycles. The van der Waals surface area contributed by atoms with Crippen molar-refractivity contribution in [3.05, 3.63) is 48.8 Å². The summed E-state index contributed by atoms with van der Waals surface area (Å²) in [6.45, 7) is 0. The molecule has 0 aliphatic heterocycles. The number of nitrogens with one attached hydrogen (secondary N) is 2. The van der Waals surface area contributed by atoms with Crippen LogP contribution < -0.4 is 31.6 Å². The summed E-state index contributed by atoms with van der Waals surface area (Å²) in [6, 6.07) is 0.421. The van der Waals surface area contributed by atoms with Gasteiger partial charge in [0.1, 0.15) is 20.6 Å². The second-order valence-corrected chi connectivity index (χ2v) is 10.9. The first-order valence-electron chi connectivity index (χ1n) is 10.8. The van der Waals surface area contributed by atoms with Crippen molar-refractivity contribution in [1.82, 2.24) is 24.5 Å². The van der Waals surface area contributed by atoms with Crippen molar-refractivity contribution in [2.24, 2.45) is 0 Å². The van der Waals surface area contributed by atoms with E-state index >= 15 is 0 Å². The molecule has 3 aromatic rings. The number of hydrogen-bond donors (Lipinski definition) is 4. The van der Waals surface area contributed by atoms with Crippen molar-refractivity contribution in [2.45, 2.75) is 36.3 Å². The van der Waals surface area contributed by atoms with Crippen LogP contribution in [0.25, 0.3) is 5.69 Å². The SMILES string of the molecule is Bc1c(Cl)c(Oc2cc(S(=O)(=O)N[C@H]3C[C@@H](O)C3)c(O)cn2)c(Cl)c(B)c1-n1nc(C(F)F)c(=O)[nH]c1=O. The van der Waals surface area contributed by atoms with Crippen molar-refractivity contribution in [1.29, 1.82) is 0 Å². The Hall–Kier alpha value is -2.98. The van der Waals surface area contributed by atoms with Crippen LogP contribution in [0.3, 0.4) is 0 Å². The zero-order chi connectivity index (χ0) is 28.1. The molecule has 19 heteroatoms. The number of aliphatic hydroxyl groups excluding tert-OH is 1. The zero-order valence-electron chi connectivity index (χ0n) is 19.5. The van der Waals surface area contributed by atoms with Gasteiger partial charge in [-0.1, -0.05) is 23.2 Å². The minimum absolute atomic E-state index is 0.0932. The molecule has 0 amide bonds. The maximum Gasteiger partial charge on any atom is 0.349 e. The van der Waals surface area contributed by atoms with Gasteiger partial charge in [-0.3, -0.25) is 9.78 Å². The largest absolute Gasteiger partial charge is 0.505 e. The Morgan fingerprint density at radius 2 is 1.82 bits per heavy atom. The Labute approximate surface area is 224 Å². The molecule has 2 heterocycles. The highest BCUT2D eigenvalue weighted by Crippen LogP contribution is 2.36. The van der Waals surface area contributed by atoms with Gasteiger partial charge in [0, 0.05) is 12.1 Å². The normalized spacial score (nSPS) is 17.4. The van der Waals surface area contributed by atoms with Crippen molar-refractivity contribution >= 4 is 59.8 Å². The van der Waals surface area contributed by atoms with Gasteiger partial charge < -0.3 is 14.9 Å². The third-order valence-electron chi connectivity index (χ3n) is 5.79. The first-order chi connectivity index (χ1) is 17.7. The molecule has 2 aromatic heterocycles. The van der Waals surface area contributed by atoms with Crippen molar-refractivity contribution in [3.8, 4) is 23.1 Å². The number of nitrogens with zero attached hydrogens (tertiary/aromatic N) is 3. The molecule has 1 aromatic carbocycles. The second-order valence-electron chi connectivity index (χ2n) is 8.45. The molecule has 0 unspecified atom stereocenters. The Bertz CT molecular complexity index is 1640. The molecule has 0 atom stereocenters. The number of aromatic amines is 1. The minimum atomic E-state index is -4.22. The summed E-state index contributed by atoms with van der Waals surface area (Å²) in [4.78, 5) is 29.1. The van der Waals surface area contributed by atoms with Gasteiger partial charge in [-0.15, -0.1) is 0 Å². The lowest BCUT2D eigenvalue weighted by atomic mass is 9.84. The molecule has 0 radical (unpaired) electrons. The zero-order valence-corrected chi connectivity index (χ0v) is 21.8. The van der Waals surface area contributed by atoms with Gasteiger partial charge >= 0.3 is 5.69 Å². The highest BCUT2D eigenvalue weighted by atomic mass is 35.5. The van der Waals surface area contributed by atoms with Crippen LogP contribution in [0, 0.1) is 0 Å². The molecule has 38 heavy (non-hydrogen) atoms. The Morgan fingerprint density at radius 3 is 2.37 bits per heavy atom. The number of hydrogen-bond acceptors (Lipinski definition) is 9. The smallest absolute Gasteiger partial charge is 0.349 e. The van der Waals surface area contributed by atoms with Gasteiger partial charge in [-0.05, 0) is 23.8 Å². The van der Waals surface area contributed by atoms with Gasteiger partial charge in [0.2, 0.25) is 15.9 Å². The molecule has 1 aliphatic rings. The maximum atomic E-state index is 13.2. The Kier molecular flexibility index (Phi) is 7.60. The number of rotatable bonds is 7. The number of alkyl halides is 2. The lowest BCUT2D eigenvalue weighted by Gasteiger charge is -2.31. The van der Waals surface area contributed by atoms with E-state index in [4.69, 9.17) is 27.9 Å². The number of aromatic nitrogens is 4. The standard InChI is InChI=1S/C19H17B2Cl2F2N5O7S/c20-10-12(22)16(13(23)11(21)15(10)30-19(34)27-18(33)14(28-30)17(24)25)37-9-3-8(7(32)4-26-9)38(35,36)29-5-1-6(31)2-5/h3-6,17,29,31-32H,1-2,20-21H2,(H,27,33,34)/t5-,6+. The maximum absolute atomic E-state index is 13.2. The quantitative estimate of drug-likeness (QED) is 0.236. The second kappa shape index (κ2) is 10.3. The van der Waals surface area contributed by atoms with Crippen LogP contribution in [-0.2, 0) is 10.0 Å². The molecular weight excluding hydrogens is 573 g/mol. The lowest BCUT2D eigenvalue weighted by molar-refractivity contribution is 0.0712. The van der Waals surface area contributed by atoms with Gasteiger partial charge in [-0.25, -0.2) is 31.7 Å². The van der Waals surface area contributed by atoms with Crippen LogP contribution in [0.15, 0.2) is 26.7 Å². The number of sulfonamides is 1. The van der Waals surface area contributed by atoms with E-state index in [0.29, 0.717) is 4.68 Å². The summed E-state index contributed by atoms with van der Waals surface area (Å²) in [7, 11) is -1.40. The van der Waals surface area contributed by atoms with Gasteiger partial charge in [0.15, 0.2) is 17.2 Å². The predicted octanol–water partition coefficient (Wildman–Crippen LogP) is -1.62. The van der Waals surface area contributed by atoms with Crippen LogP contribution in [0.2, 0.25) is 10.0 Å². The average Bonchev–Trinajstić information content (AvgIpc) is 2.81. The van der Waals surface area contributed by atoms with Gasteiger partial charge in [-0.2, -0.15) is 9.78 Å². The third-order valence-corrected chi connectivity index (χ3v) is 8.25. The average molecular weight is 590 g/mol. The number of H-pyrrole nitrogens is 1. The van der Waals surface area contributed by atoms with E-state index in [2.05, 4.69) is 14.8 Å². The molecular formula is C19H17B2Cl2F2N5O7S. The fraction of sp³-hybridized carbons (Fsp3) is 0.263. The van der Waals surface area contributed by atoms with Crippen LogP contribution in [-0.4, -0.2) is 66.2 Å². The molecule has 0 bridgehead atoms. The van der Waals surface area contributed by atoms with E-state index in [1.807, 2.05) is 0 Å². The fourth-order valence-corrected chi connectivity index (χ4v) is 5.63. The molecule has 4 rings (SSSR count). The van der Waals surface area contributed by atoms with Crippen LogP contribution >= 0.6 is 23.2 Å². The number of aromatic hydroxyl groups is 1. The van der Waals surface area contributed by atoms with Crippen molar-refractivity contribution < 1.29 is 32.1 Å². The van der Waals surface area contributed by atoms with E-state index in [1.54, 1.807) is 4.98 Å². The summed E-state index contributed by atoms with van der Waals surface area (Å²) in [5.41, 5.74) is -3.55. The van der Waals surface area contributed by atoms with Gasteiger partial charge in [0.05, 0.1) is 28.0 Å². The highest BCUT2D eigenvalue weighted by molar-refractivity contribution is 7.89. The molecule has 0 spiro atoms. The van der Waals surface area contributed by atoms with Crippen LogP contribution in [0.4, 0.5) is 8.78 Å². The number of halogens is 4. The number of pyridine rings is 1. The van der Waals surface area contributed by atoms with E-state index in [-0.39, 0.29) is 51.1 Å². The van der Waals surface area contributed by atoms with E-state index < -0.39 is 56.2 Å². The third kappa shape index (κ3) is 5.16. The van der Waals surface area contributed by atoms with Crippen molar-refractivity contribution in [2.75, 3.05) is 0 Å². The summed E-state index contributed by atoms with van der Waals surface area (Å²) in [6.07, 6.45) is -2.61. The molecule has 1 saturated carbocycles. The van der Waals surface area contributed by atoms with Crippen LogP contribution in [0.5, 0.6) is 17.4 Å². The monoisotopic (exact) mass is 589 g/mol. The summed E-state index contributed by atoms with van der Waals surface area (Å²) in [5.74, 6) is -1.20. The topological polar surface area (TPSA) is 176 Å². The number of benzene rings is 1. The first kappa shape index (κ1) is 28.0. The molecule has 12 nitrogen and oxygen atoms in total. The molecule has 4 N–H and O–H groups in total. The van der Waals surface area contributed by atoms with E-state index in [9.17, 15) is 37.0 Å². The first-order valence-corrected chi connectivity index (χ1v) is 13.0. The highest BCUT2D eigenvalue weighted by Gasteiger charge is 2.33. The molecule has 0 saturated heterocycles. The number of ether oxygens (including phenoxy) is 1. The minimum Gasteiger partial charge on any atom is -0.505 e. The number of aliphatic hydroxyl groups is 1. The summed E-state index contributed by atoms with van der Waals surface area (Å²) >= 11 is 12.9. The van der Waals surface area contributed by atoms with Gasteiger partial charge in [0.25, 0.3) is 12.0 Å². The van der Waals surface area contributed by atoms with Crippen molar-refractivity contribution in [3.63, 3.8) is 0 Å².